The van der Waals surface area contributed by atoms with Crippen molar-refractivity contribution >= 4 is 22.7 Å². The van der Waals surface area contributed by atoms with E-state index in [1.807, 2.05) is 0 Å². The summed E-state index contributed by atoms with van der Waals surface area (Å²) in [4.78, 5) is 13.5. The molecule has 110 valence electrons. The maximum Gasteiger partial charge on any atom is 0.232 e. The third-order valence-electron chi connectivity index (χ3n) is 2.99. The van der Waals surface area contributed by atoms with E-state index in [-0.39, 0.29) is 0 Å². The highest BCUT2D eigenvalue weighted by Gasteiger charge is 2.11. The standard InChI is InChI=1S/C14H16N4OS2/c1-3-13-15-9(7-20-13)5-11-17-12(19-18-11)6-10-8-21-14(4-2)16-10/h7-8H,3-6H2,1-2H3. The topological polar surface area (TPSA) is 64.7 Å². The van der Waals surface area contributed by atoms with Gasteiger partial charge in [0.2, 0.25) is 5.89 Å². The zero-order valence-electron chi connectivity index (χ0n) is 12.0. The Bertz CT molecular complexity index is 657. The minimum absolute atomic E-state index is 0.598. The average Bonchev–Trinajstić information content (AvgIpc) is 3.21. The smallest absolute Gasteiger partial charge is 0.232 e. The van der Waals surface area contributed by atoms with Crippen LogP contribution in [0.1, 0.15) is 47.0 Å². The van der Waals surface area contributed by atoms with Crippen LogP contribution in [-0.2, 0) is 25.7 Å². The summed E-state index contributed by atoms with van der Waals surface area (Å²) >= 11 is 3.35. The zero-order chi connectivity index (χ0) is 14.7. The molecule has 0 atom stereocenters. The van der Waals surface area contributed by atoms with Crippen molar-refractivity contribution in [1.29, 1.82) is 0 Å². The van der Waals surface area contributed by atoms with Gasteiger partial charge in [0.05, 0.1) is 34.2 Å². The first kappa shape index (κ1) is 14.3. The van der Waals surface area contributed by atoms with Crippen LogP contribution in [0.3, 0.4) is 0 Å². The number of aryl methyl sites for hydroxylation is 2. The first-order valence-electron chi connectivity index (χ1n) is 6.94. The molecule has 0 saturated heterocycles. The molecule has 0 amide bonds. The van der Waals surface area contributed by atoms with Crippen LogP contribution in [0.5, 0.6) is 0 Å². The van der Waals surface area contributed by atoms with E-state index in [0.29, 0.717) is 24.6 Å². The van der Waals surface area contributed by atoms with E-state index in [1.54, 1.807) is 22.7 Å². The molecule has 0 bridgehead atoms. The minimum atomic E-state index is 0.598. The molecule has 0 spiro atoms. The Hall–Kier alpha value is -1.60. The molecule has 3 aromatic heterocycles. The Labute approximate surface area is 131 Å². The number of rotatable bonds is 6. The van der Waals surface area contributed by atoms with Crippen molar-refractivity contribution in [3.05, 3.63) is 43.9 Å². The van der Waals surface area contributed by atoms with Crippen molar-refractivity contribution in [2.24, 2.45) is 0 Å². The molecule has 0 aliphatic heterocycles. The Morgan fingerprint density at radius 2 is 1.52 bits per heavy atom. The van der Waals surface area contributed by atoms with Gasteiger partial charge in [-0.1, -0.05) is 19.0 Å². The monoisotopic (exact) mass is 320 g/mol. The maximum atomic E-state index is 5.30. The highest BCUT2D eigenvalue weighted by Crippen LogP contribution is 2.15. The molecule has 3 heterocycles. The molecule has 0 unspecified atom stereocenters. The molecule has 21 heavy (non-hydrogen) atoms. The fraction of sp³-hybridized carbons (Fsp3) is 0.429. The molecule has 0 radical (unpaired) electrons. The molecular weight excluding hydrogens is 304 g/mol. The summed E-state index contributed by atoms with van der Waals surface area (Å²) in [6.07, 6.45) is 3.15. The lowest BCUT2D eigenvalue weighted by atomic mass is 10.3. The van der Waals surface area contributed by atoms with Crippen molar-refractivity contribution in [1.82, 2.24) is 20.1 Å². The average molecular weight is 320 g/mol. The summed E-state index contributed by atoms with van der Waals surface area (Å²) < 4.78 is 5.30. The largest absolute Gasteiger partial charge is 0.339 e. The number of nitrogens with zero attached hydrogens (tertiary/aromatic N) is 4. The van der Waals surface area contributed by atoms with Crippen LogP contribution in [-0.4, -0.2) is 20.1 Å². The van der Waals surface area contributed by atoms with Gasteiger partial charge in [0.25, 0.3) is 0 Å². The Morgan fingerprint density at radius 3 is 2.10 bits per heavy atom. The van der Waals surface area contributed by atoms with E-state index in [4.69, 9.17) is 4.52 Å². The van der Waals surface area contributed by atoms with Crippen molar-refractivity contribution in [2.75, 3.05) is 0 Å². The van der Waals surface area contributed by atoms with Crippen molar-refractivity contribution < 1.29 is 4.52 Å². The Kier molecular flexibility index (Phi) is 4.40. The summed E-state index contributed by atoms with van der Waals surface area (Å²) in [5.41, 5.74) is 2.00. The van der Waals surface area contributed by atoms with Gasteiger partial charge < -0.3 is 4.52 Å². The second-order valence-corrected chi connectivity index (χ2v) is 6.52. The first-order chi connectivity index (χ1) is 10.3. The van der Waals surface area contributed by atoms with Gasteiger partial charge in [0, 0.05) is 10.8 Å². The quantitative estimate of drug-likeness (QED) is 0.697. The summed E-state index contributed by atoms with van der Waals surface area (Å²) in [6.45, 7) is 4.21. The van der Waals surface area contributed by atoms with Gasteiger partial charge in [-0.25, -0.2) is 9.97 Å². The van der Waals surface area contributed by atoms with Gasteiger partial charge in [0.15, 0.2) is 5.82 Å². The molecule has 3 rings (SSSR count). The predicted octanol–water partition coefficient (Wildman–Crippen LogP) is 3.29. The highest BCUT2D eigenvalue weighted by molar-refractivity contribution is 7.09. The summed E-state index contributed by atoms with van der Waals surface area (Å²) in [5, 5.41) is 10.4. The van der Waals surface area contributed by atoms with Crippen molar-refractivity contribution in [2.45, 2.75) is 39.5 Å². The SMILES string of the molecule is CCc1nc(Cc2noc(Cc3csc(CC)n3)n2)cs1. The van der Waals surface area contributed by atoms with Gasteiger partial charge in [-0.05, 0) is 12.8 Å². The lowest BCUT2D eigenvalue weighted by molar-refractivity contribution is 0.379. The molecule has 5 nitrogen and oxygen atoms in total. The third-order valence-corrected chi connectivity index (χ3v) is 5.07. The van der Waals surface area contributed by atoms with E-state index >= 15 is 0 Å². The van der Waals surface area contributed by atoms with Gasteiger partial charge >= 0.3 is 0 Å². The van der Waals surface area contributed by atoms with Gasteiger partial charge in [-0.3, -0.25) is 0 Å². The predicted molar refractivity (Wildman–Crippen MR) is 82.9 cm³/mol. The number of hydrogen-bond donors (Lipinski definition) is 0. The van der Waals surface area contributed by atoms with E-state index in [1.165, 1.54) is 0 Å². The number of hydrogen-bond acceptors (Lipinski definition) is 7. The van der Waals surface area contributed by atoms with E-state index in [2.05, 4.69) is 44.7 Å². The minimum Gasteiger partial charge on any atom is -0.339 e. The lowest BCUT2D eigenvalue weighted by Gasteiger charge is -1.89. The van der Waals surface area contributed by atoms with E-state index in [9.17, 15) is 0 Å². The van der Waals surface area contributed by atoms with Crippen molar-refractivity contribution in [3.63, 3.8) is 0 Å². The molecule has 0 aromatic carbocycles. The Morgan fingerprint density at radius 1 is 0.905 bits per heavy atom. The number of aromatic nitrogens is 4. The lowest BCUT2D eigenvalue weighted by Crippen LogP contribution is -1.93. The normalized spacial score (nSPS) is 11.1. The second kappa shape index (κ2) is 6.44. The van der Waals surface area contributed by atoms with Crippen LogP contribution >= 0.6 is 22.7 Å². The first-order valence-corrected chi connectivity index (χ1v) is 8.70. The zero-order valence-corrected chi connectivity index (χ0v) is 13.6. The molecule has 0 saturated carbocycles. The molecule has 7 heteroatoms. The summed E-state index contributed by atoms with van der Waals surface area (Å²) in [6, 6.07) is 0. The second-order valence-electron chi connectivity index (χ2n) is 4.63. The van der Waals surface area contributed by atoms with E-state index < -0.39 is 0 Å². The number of thiazole rings is 2. The van der Waals surface area contributed by atoms with Crippen molar-refractivity contribution in [3.8, 4) is 0 Å². The Balaban J connectivity index is 1.65. The molecule has 0 aliphatic rings. The third kappa shape index (κ3) is 3.54. The van der Waals surface area contributed by atoms with Crippen LogP contribution in [0, 0.1) is 0 Å². The molecule has 0 fully saturated rings. The van der Waals surface area contributed by atoms with Crippen LogP contribution in [0.2, 0.25) is 0 Å². The summed E-state index contributed by atoms with van der Waals surface area (Å²) in [7, 11) is 0. The van der Waals surface area contributed by atoms with Crippen LogP contribution in [0.4, 0.5) is 0 Å². The van der Waals surface area contributed by atoms with Crippen LogP contribution in [0.15, 0.2) is 15.3 Å². The summed E-state index contributed by atoms with van der Waals surface area (Å²) in [5.74, 6) is 1.30. The van der Waals surface area contributed by atoms with Gasteiger partial charge in [-0.15, -0.1) is 22.7 Å². The molecule has 0 aliphatic carbocycles. The fourth-order valence-electron chi connectivity index (χ4n) is 1.94. The highest BCUT2D eigenvalue weighted by atomic mass is 32.1. The van der Waals surface area contributed by atoms with E-state index in [0.717, 1.165) is 34.2 Å². The molecular formula is C14H16N4OS2. The van der Waals surface area contributed by atoms with Gasteiger partial charge in [-0.2, -0.15) is 4.98 Å². The van der Waals surface area contributed by atoms with Crippen LogP contribution in [0.25, 0.3) is 0 Å². The van der Waals surface area contributed by atoms with Gasteiger partial charge in [0.1, 0.15) is 0 Å². The maximum absolute atomic E-state index is 5.30. The fourth-order valence-corrected chi connectivity index (χ4v) is 3.43. The molecule has 0 N–H and O–H groups in total. The molecule has 3 aromatic rings. The van der Waals surface area contributed by atoms with Crippen LogP contribution < -0.4 is 0 Å².